The van der Waals surface area contributed by atoms with Crippen molar-refractivity contribution in [2.24, 2.45) is 0 Å². The molecule has 234 valence electrons. The summed E-state index contributed by atoms with van der Waals surface area (Å²) >= 11 is 0. The standard InChI is InChI=1S/C22H32N4O14P2/c1-13-17(15(6-24-22(13)32)11-39-41(33,34)35)7-25(9-19(27)28)3-4-26(10-20(29)30)8-18-16(12-40-42(36,37)38)5-23-14(2)21(18)31/h5-6,31H,3-4,7-12H2,1-2H3,(H,24,32)(H,27,28)(H,29,30)(H2,33,34,35)(H2,36,37,38). The summed E-state index contributed by atoms with van der Waals surface area (Å²) in [5.74, 6) is -2.87. The van der Waals surface area contributed by atoms with E-state index in [9.17, 15) is 38.8 Å². The van der Waals surface area contributed by atoms with E-state index < -0.39 is 59.4 Å². The van der Waals surface area contributed by atoms with Gasteiger partial charge in [0, 0.05) is 55.3 Å². The molecule has 0 aliphatic carbocycles. The number of carbonyl (C=O) groups is 2. The number of aromatic amines is 1. The van der Waals surface area contributed by atoms with E-state index in [0.717, 1.165) is 0 Å². The van der Waals surface area contributed by atoms with Crippen LogP contribution in [0.5, 0.6) is 5.75 Å². The van der Waals surface area contributed by atoms with Crippen molar-refractivity contribution in [3.05, 3.63) is 56.3 Å². The van der Waals surface area contributed by atoms with Gasteiger partial charge in [-0.15, -0.1) is 0 Å². The van der Waals surface area contributed by atoms with Crippen molar-refractivity contribution in [3.8, 4) is 5.75 Å². The van der Waals surface area contributed by atoms with E-state index in [1.807, 2.05) is 0 Å². The topological polar surface area (TPSA) is 281 Å². The highest BCUT2D eigenvalue weighted by Crippen LogP contribution is 2.38. The molecular formula is C22H32N4O14P2. The number of phosphoric acid groups is 2. The largest absolute Gasteiger partial charge is 0.506 e. The fraction of sp³-hybridized carbons (Fsp3) is 0.455. The molecule has 0 fully saturated rings. The number of aliphatic carboxylic acids is 2. The van der Waals surface area contributed by atoms with Crippen LogP contribution in [0.1, 0.15) is 33.5 Å². The van der Waals surface area contributed by atoms with Crippen molar-refractivity contribution >= 4 is 27.6 Å². The monoisotopic (exact) mass is 638 g/mol. The molecule has 0 spiro atoms. The zero-order chi connectivity index (χ0) is 31.8. The van der Waals surface area contributed by atoms with Crippen LogP contribution in [0, 0.1) is 13.8 Å². The maximum Gasteiger partial charge on any atom is 0.469 e. The summed E-state index contributed by atoms with van der Waals surface area (Å²) in [5, 5.41) is 29.6. The molecule has 2 heterocycles. The highest BCUT2D eigenvalue weighted by molar-refractivity contribution is 7.46. The third-order valence-corrected chi connectivity index (χ3v) is 6.91. The van der Waals surface area contributed by atoms with Crippen LogP contribution >= 0.6 is 15.6 Å². The molecule has 0 bridgehead atoms. The van der Waals surface area contributed by atoms with Gasteiger partial charge in [0.05, 0.1) is 32.0 Å². The number of hydrogen-bond acceptors (Lipinski definition) is 11. The van der Waals surface area contributed by atoms with Crippen LogP contribution in [-0.2, 0) is 54.1 Å². The summed E-state index contributed by atoms with van der Waals surface area (Å²) in [4.78, 5) is 80.8. The molecule has 0 aliphatic heterocycles. The smallest absolute Gasteiger partial charge is 0.469 e. The highest BCUT2D eigenvalue weighted by Gasteiger charge is 2.23. The van der Waals surface area contributed by atoms with Gasteiger partial charge in [0.25, 0.3) is 5.56 Å². The predicted octanol–water partition coefficient (Wildman–Crippen LogP) is -0.216. The lowest BCUT2D eigenvalue weighted by Crippen LogP contribution is -2.40. The number of nitrogens with one attached hydrogen (secondary N) is 1. The van der Waals surface area contributed by atoms with Crippen LogP contribution in [0.3, 0.4) is 0 Å². The Morgan fingerprint density at radius 2 is 1.36 bits per heavy atom. The molecule has 0 unspecified atom stereocenters. The quantitative estimate of drug-likeness (QED) is 0.104. The molecular weight excluding hydrogens is 606 g/mol. The third kappa shape index (κ3) is 11.7. The molecule has 0 aliphatic rings. The first-order valence-electron chi connectivity index (χ1n) is 12.0. The van der Waals surface area contributed by atoms with Crippen molar-refractivity contribution in [1.29, 1.82) is 0 Å². The fourth-order valence-corrected chi connectivity index (χ4v) is 4.52. The molecule has 0 saturated carbocycles. The van der Waals surface area contributed by atoms with Gasteiger partial charge in [0.2, 0.25) is 0 Å². The van der Waals surface area contributed by atoms with Crippen molar-refractivity contribution in [3.63, 3.8) is 0 Å². The van der Waals surface area contributed by atoms with Gasteiger partial charge in [0.15, 0.2) is 0 Å². The predicted molar refractivity (Wildman–Crippen MR) is 142 cm³/mol. The van der Waals surface area contributed by atoms with E-state index in [4.69, 9.17) is 19.6 Å². The summed E-state index contributed by atoms with van der Waals surface area (Å²) in [7, 11) is -9.76. The van der Waals surface area contributed by atoms with E-state index >= 15 is 0 Å². The molecule has 0 aromatic carbocycles. The van der Waals surface area contributed by atoms with Crippen LogP contribution in [0.2, 0.25) is 0 Å². The van der Waals surface area contributed by atoms with E-state index in [0.29, 0.717) is 0 Å². The van der Waals surface area contributed by atoms with Crippen LogP contribution in [0.4, 0.5) is 0 Å². The number of nitrogens with zero attached hydrogens (tertiary/aromatic N) is 3. The van der Waals surface area contributed by atoms with Gasteiger partial charge < -0.3 is 39.9 Å². The maximum absolute atomic E-state index is 12.2. The first-order chi connectivity index (χ1) is 19.4. The summed E-state index contributed by atoms with van der Waals surface area (Å²) in [5.41, 5.74) is 0.366. The number of pyridine rings is 2. The van der Waals surface area contributed by atoms with Gasteiger partial charge in [-0.1, -0.05) is 0 Å². The van der Waals surface area contributed by atoms with Gasteiger partial charge in [-0.05, 0) is 25.0 Å². The second-order valence-corrected chi connectivity index (χ2v) is 11.7. The van der Waals surface area contributed by atoms with Gasteiger partial charge in [-0.2, -0.15) is 0 Å². The fourth-order valence-electron chi connectivity index (χ4n) is 3.91. The van der Waals surface area contributed by atoms with Crippen LogP contribution < -0.4 is 5.56 Å². The molecule has 8 N–H and O–H groups in total. The molecule has 2 aromatic heterocycles. The number of H-pyrrole nitrogens is 1. The van der Waals surface area contributed by atoms with Crippen LogP contribution in [0.15, 0.2) is 17.2 Å². The van der Waals surface area contributed by atoms with Gasteiger partial charge in [-0.25, -0.2) is 9.13 Å². The Morgan fingerprint density at radius 1 is 0.881 bits per heavy atom. The van der Waals surface area contributed by atoms with Crippen molar-refractivity contribution in [2.45, 2.75) is 40.2 Å². The van der Waals surface area contributed by atoms with E-state index in [1.165, 1.54) is 36.0 Å². The molecule has 0 radical (unpaired) electrons. The SMILES string of the molecule is Cc1ncc(COP(=O)(O)O)c(CN(CCN(CC(=O)O)Cc2c(COP(=O)(O)O)c[nH]c(=O)c2C)CC(=O)O)c1O. The van der Waals surface area contributed by atoms with Crippen molar-refractivity contribution in [1.82, 2.24) is 19.8 Å². The summed E-state index contributed by atoms with van der Waals surface area (Å²) in [6.07, 6.45) is 2.40. The molecule has 0 saturated heterocycles. The Morgan fingerprint density at radius 3 is 1.83 bits per heavy atom. The van der Waals surface area contributed by atoms with Gasteiger partial charge in [0.1, 0.15) is 5.75 Å². The van der Waals surface area contributed by atoms with E-state index in [1.54, 1.807) is 0 Å². The molecule has 2 aromatic rings. The lowest BCUT2D eigenvalue weighted by Gasteiger charge is -2.28. The number of hydrogen-bond donors (Lipinski definition) is 8. The average Bonchev–Trinajstić information content (AvgIpc) is 2.85. The van der Waals surface area contributed by atoms with E-state index in [-0.39, 0.29) is 65.4 Å². The Bertz CT molecular complexity index is 1440. The van der Waals surface area contributed by atoms with Gasteiger partial charge >= 0.3 is 27.6 Å². The summed E-state index contributed by atoms with van der Waals surface area (Å²) < 4.78 is 31.4. The molecule has 0 atom stereocenters. The van der Waals surface area contributed by atoms with Crippen molar-refractivity contribution < 1.29 is 62.7 Å². The van der Waals surface area contributed by atoms with Gasteiger partial charge in [-0.3, -0.25) is 38.2 Å². The first kappa shape index (κ1) is 35.2. The number of aromatic hydroxyl groups is 1. The average molecular weight is 638 g/mol. The maximum atomic E-state index is 12.2. The molecule has 2 rings (SSSR count). The third-order valence-electron chi connectivity index (χ3n) is 5.98. The van der Waals surface area contributed by atoms with Crippen LogP contribution in [-0.4, -0.2) is 92.8 Å². The molecule has 42 heavy (non-hydrogen) atoms. The number of aromatic nitrogens is 2. The van der Waals surface area contributed by atoms with E-state index in [2.05, 4.69) is 19.0 Å². The zero-order valence-corrected chi connectivity index (χ0v) is 24.3. The Balaban J connectivity index is 2.36. The number of phosphoric ester groups is 2. The minimum absolute atomic E-state index is 0.0769. The van der Waals surface area contributed by atoms with Crippen molar-refractivity contribution in [2.75, 3.05) is 26.2 Å². The lowest BCUT2D eigenvalue weighted by atomic mass is 10.0. The minimum atomic E-state index is -4.89. The zero-order valence-electron chi connectivity index (χ0n) is 22.5. The number of aryl methyl sites for hydroxylation is 1. The highest BCUT2D eigenvalue weighted by atomic mass is 31.2. The molecule has 18 nitrogen and oxygen atoms in total. The first-order valence-corrected chi connectivity index (χ1v) is 15.1. The number of carboxylic acid groups (broad SMARTS) is 2. The lowest BCUT2D eigenvalue weighted by molar-refractivity contribution is -0.140. The molecule has 20 heteroatoms. The second-order valence-electron chi connectivity index (χ2n) is 9.18. The normalized spacial score (nSPS) is 12.3. The number of rotatable bonds is 17. The Kier molecular flexibility index (Phi) is 12.5. The van der Waals surface area contributed by atoms with Crippen LogP contribution in [0.25, 0.3) is 0 Å². The Hall–Kier alpha value is -3.02. The second kappa shape index (κ2) is 14.9. The minimum Gasteiger partial charge on any atom is -0.506 e. The number of carboxylic acids is 2. The molecule has 0 amide bonds. The summed E-state index contributed by atoms with van der Waals surface area (Å²) in [6.45, 7) is -0.131. The summed E-state index contributed by atoms with van der Waals surface area (Å²) in [6, 6.07) is 0. The Labute approximate surface area is 238 Å².